The van der Waals surface area contributed by atoms with Gasteiger partial charge in [0.15, 0.2) is 0 Å². The Hall–Kier alpha value is -0.580. The van der Waals surface area contributed by atoms with Crippen molar-refractivity contribution in [2.24, 2.45) is 5.92 Å². The highest BCUT2D eigenvalue weighted by atomic mass is 79.9. The zero-order valence-electron chi connectivity index (χ0n) is 10.2. The third-order valence-electron chi connectivity index (χ3n) is 3.22. The third-order valence-corrected chi connectivity index (χ3v) is 4.15. The fraction of sp³-hybridized carbons (Fsp3) is 0.462. The average Bonchev–Trinajstić information content (AvgIpc) is 2.80. The number of rotatable bonds is 3. The summed E-state index contributed by atoms with van der Waals surface area (Å²) in [6.45, 7) is 2.60. The number of benzene rings is 1. The molecule has 0 radical (unpaired) electrons. The van der Waals surface area contributed by atoms with Crippen molar-refractivity contribution in [2.75, 3.05) is 26.7 Å². The maximum Gasteiger partial charge on any atom is 0.255 e. The van der Waals surface area contributed by atoms with Gasteiger partial charge in [-0.15, -0.1) is 0 Å². The van der Waals surface area contributed by atoms with Crippen molar-refractivity contribution in [1.82, 2.24) is 10.2 Å². The smallest absolute Gasteiger partial charge is 0.255 e. The molecule has 1 atom stereocenters. The van der Waals surface area contributed by atoms with Crippen LogP contribution >= 0.6 is 27.5 Å². The van der Waals surface area contributed by atoms with Crippen LogP contribution in [0, 0.1) is 5.92 Å². The molecular weight excluding hydrogens is 316 g/mol. The Kier molecular flexibility index (Phi) is 4.65. The first kappa shape index (κ1) is 13.8. The normalized spacial score (nSPS) is 19.3. The Balaban J connectivity index is 2.10. The molecule has 0 aromatic heterocycles. The van der Waals surface area contributed by atoms with Gasteiger partial charge in [-0.2, -0.15) is 0 Å². The van der Waals surface area contributed by atoms with E-state index in [1.165, 1.54) is 0 Å². The number of nitrogens with one attached hydrogen (secondary N) is 1. The third kappa shape index (κ3) is 3.05. The SMILES string of the molecule is CNCC1CCN(C(=O)c2cc(Cl)ccc2Br)C1. The standard InChI is InChI=1S/C13H16BrClN2O/c1-16-7-9-4-5-17(8-9)13(18)11-6-10(15)2-3-12(11)14/h2-3,6,9,16H,4-5,7-8H2,1H3. The molecule has 98 valence electrons. The van der Waals surface area contributed by atoms with Crippen LogP contribution in [0.25, 0.3) is 0 Å². The summed E-state index contributed by atoms with van der Waals surface area (Å²) in [5.74, 6) is 0.611. The molecule has 1 heterocycles. The summed E-state index contributed by atoms with van der Waals surface area (Å²) in [7, 11) is 1.94. The topological polar surface area (TPSA) is 32.3 Å². The molecule has 1 aromatic rings. The van der Waals surface area contributed by atoms with E-state index in [9.17, 15) is 4.79 Å². The van der Waals surface area contributed by atoms with Gasteiger partial charge in [-0.1, -0.05) is 11.6 Å². The Morgan fingerprint density at radius 3 is 3.11 bits per heavy atom. The molecule has 0 bridgehead atoms. The van der Waals surface area contributed by atoms with Gasteiger partial charge in [-0.05, 0) is 60.1 Å². The zero-order valence-corrected chi connectivity index (χ0v) is 12.6. The number of hydrogen-bond acceptors (Lipinski definition) is 2. The molecule has 1 fully saturated rings. The maximum absolute atomic E-state index is 12.4. The second-order valence-electron chi connectivity index (χ2n) is 4.59. The van der Waals surface area contributed by atoms with Gasteiger partial charge in [0.25, 0.3) is 5.91 Å². The van der Waals surface area contributed by atoms with E-state index in [2.05, 4.69) is 21.2 Å². The highest BCUT2D eigenvalue weighted by Gasteiger charge is 2.27. The van der Waals surface area contributed by atoms with Crippen LogP contribution in [-0.2, 0) is 0 Å². The minimum absolute atomic E-state index is 0.0583. The van der Waals surface area contributed by atoms with Crippen molar-refractivity contribution in [3.8, 4) is 0 Å². The monoisotopic (exact) mass is 330 g/mol. The predicted octanol–water partition coefficient (Wildman–Crippen LogP) is 2.78. The molecule has 2 rings (SSSR count). The zero-order chi connectivity index (χ0) is 13.1. The van der Waals surface area contributed by atoms with Crippen molar-refractivity contribution in [1.29, 1.82) is 0 Å². The fourth-order valence-corrected chi connectivity index (χ4v) is 2.89. The lowest BCUT2D eigenvalue weighted by molar-refractivity contribution is 0.0786. The van der Waals surface area contributed by atoms with Gasteiger partial charge in [0, 0.05) is 22.6 Å². The van der Waals surface area contributed by atoms with Crippen LogP contribution in [0.1, 0.15) is 16.8 Å². The molecule has 1 aromatic carbocycles. The molecule has 0 spiro atoms. The van der Waals surface area contributed by atoms with Crippen LogP contribution in [0.15, 0.2) is 22.7 Å². The van der Waals surface area contributed by atoms with E-state index in [4.69, 9.17) is 11.6 Å². The first-order valence-electron chi connectivity index (χ1n) is 6.00. The Morgan fingerprint density at radius 1 is 1.61 bits per heavy atom. The van der Waals surface area contributed by atoms with Gasteiger partial charge in [0.1, 0.15) is 0 Å². The molecule has 5 heteroatoms. The minimum atomic E-state index is 0.0583. The Morgan fingerprint density at radius 2 is 2.39 bits per heavy atom. The second kappa shape index (κ2) is 6.04. The summed E-state index contributed by atoms with van der Waals surface area (Å²) in [6, 6.07) is 5.31. The van der Waals surface area contributed by atoms with Crippen LogP contribution in [0.4, 0.5) is 0 Å². The molecule has 1 aliphatic rings. The van der Waals surface area contributed by atoms with E-state index >= 15 is 0 Å². The van der Waals surface area contributed by atoms with Crippen molar-refractivity contribution in [3.63, 3.8) is 0 Å². The van der Waals surface area contributed by atoms with E-state index < -0.39 is 0 Å². The summed E-state index contributed by atoms with van der Waals surface area (Å²) in [6.07, 6.45) is 1.06. The van der Waals surface area contributed by atoms with Crippen molar-refractivity contribution in [2.45, 2.75) is 6.42 Å². The van der Waals surface area contributed by atoms with Gasteiger partial charge in [-0.3, -0.25) is 4.79 Å². The van der Waals surface area contributed by atoms with Crippen LogP contribution in [-0.4, -0.2) is 37.5 Å². The van der Waals surface area contributed by atoms with E-state index in [0.717, 1.165) is 30.5 Å². The first-order chi connectivity index (χ1) is 8.61. The summed E-state index contributed by atoms with van der Waals surface area (Å²) in [5.41, 5.74) is 0.646. The molecule has 3 nitrogen and oxygen atoms in total. The van der Waals surface area contributed by atoms with Crippen LogP contribution in [0.5, 0.6) is 0 Å². The van der Waals surface area contributed by atoms with Gasteiger partial charge in [0.05, 0.1) is 5.56 Å². The minimum Gasteiger partial charge on any atom is -0.338 e. The van der Waals surface area contributed by atoms with E-state index in [-0.39, 0.29) is 5.91 Å². The molecule has 18 heavy (non-hydrogen) atoms. The average molecular weight is 332 g/mol. The van der Waals surface area contributed by atoms with Gasteiger partial charge < -0.3 is 10.2 Å². The lowest BCUT2D eigenvalue weighted by Gasteiger charge is -2.17. The van der Waals surface area contributed by atoms with Crippen molar-refractivity contribution in [3.05, 3.63) is 33.3 Å². The van der Waals surface area contributed by atoms with E-state index in [0.29, 0.717) is 16.5 Å². The summed E-state index contributed by atoms with van der Waals surface area (Å²) < 4.78 is 0.800. The predicted molar refractivity (Wildman–Crippen MR) is 77.1 cm³/mol. The quantitative estimate of drug-likeness (QED) is 0.924. The molecule has 1 saturated heterocycles. The van der Waals surface area contributed by atoms with Crippen LogP contribution in [0.3, 0.4) is 0 Å². The van der Waals surface area contributed by atoms with Gasteiger partial charge in [-0.25, -0.2) is 0 Å². The number of amides is 1. The Bertz CT molecular complexity index is 453. The number of likely N-dealkylation sites (tertiary alicyclic amines) is 1. The number of carbonyl (C=O) groups excluding carboxylic acids is 1. The lowest BCUT2D eigenvalue weighted by atomic mass is 10.1. The number of carbonyl (C=O) groups is 1. The summed E-state index contributed by atoms with van der Waals surface area (Å²) >= 11 is 9.35. The van der Waals surface area contributed by atoms with E-state index in [1.807, 2.05) is 18.0 Å². The number of hydrogen-bond donors (Lipinski definition) is 1. The van der Waals surface area contributed by atoms with Crippen molar-refractivity contribution < 1.29 is 4.79 Å². The highest BCUT2D eigenvalue weighted by Crippen LogP contribution is 2.25. The second-order valence-corrected chi connectivity index (χ2v) is 5.88. The molecule has 1 aliphatic heterocycles. The molecule has 1 unspecified atom stereocenters. The summed E-state index contributed by atoms with van der Waals surface area (Å²) in [5, 5.41) is 3.75. The fourth-order valence-electron chi connectivity index (χ4n) is 2.30. The lowest BCUT2D eigenvalue weighted by Crippen LogP contribution is -2.30. The maximum atomic E-state index is 12.4. The molecule has 1 amide bonds. The van der Waals surface area contributed by atoms with Crippen LogP contribution < -0.4 is 5.32 Å². The van der Waals surface area contributed by atoms with Crippen molar-refractivity contribution >= 4 is 33.4 Å². The molecule has 0 saturated carbocycles. The number of halogens is 2. The molecular formula is C13H16BrClN2O. The number of nitrogens with zero attached hydrogens (tertiary/aromatic N) is 1. The van der Waals surface area contributed by atoms with Gasteiger partial charge >= 0.3 is 0 Å². The summed E-state index contributed by atoms with van der Waals surface area (Å²) in [4.78, 5) is 14.3. The molecule has 1 N–H and O–H groups in total. The van der Waals surface area contributed by atoms with Crippen LogP contribution in [0.2, 0.25) is 5.02 Å². The largest absolute Gasteiger partial charge is 0.338 e. The first-order valence-corrected chi connectivity index (χ1v) is 7.18. The highest BCUT2D eigenvalue weighted by molar-refractivity contribution is 9.10. The Labute approximate surface area is 121 Å². The van der Waals surface area contributed by atoms with Gasteiger partial charge in [0.2, 0.25) is 0 Å². The molecule has 0 aliphatic carbocycles. The van der Waals surface area contributed by atoms with E-state index in [1.54, 1.807) is 12.1 Å².